The molecule has 7 heteroatoms. The molecule has 5 unspecified atom stereocenters. The topological polar surface area (TPSA) is 66.9 Å². The minimum atomic E-state index is -0.771. The summed E-state index contributed by atoms with van der Waals surface area (Å²) in [6, 6.07) is 13.5. The van der Waals surface area contributed by atoms with Crippen molar-refractivity contribution in [3.05, 3.63) is 70.8 Å². The summed E-state index contributed by atoms with van der Waals surface area (Å²) in [5.74, 6) is -1.97. The summed E-state index contributed by atoms with van der Waals surface area (Å²) < 4.78 is 5.71. The van der Waals surface area contributed by atoms with Crippen LogP contribution in [0.25, 0.3) is 5.57 Å². The third-order valence-electron chi connectivity index (χ3n) is 7.65. The van der Waals surface area contributed by atoms with Gasteiger partial charge in [0.1, 0.15) is 6.04 Å². The van der Waals surface area contributed by atoms with Crippen LogP contribution >= 0.6 is 11.6 Å². The van der Waals surface area contributed by atoms with Crippen molar-refractivity contribution in [2.75, 3.05) is 18.1 Å². The average Bonchev–Trinajstić information content (AvgIpc) is 3.53. The fraction of sp³-hybridized carbons (Fsp3) is 0.370. The minimum Gasteiger partial charge on any atom is -0.376 e. The second-order valence-electron chi connectivity index (χ2n) is 9.55. The van der Waals surface area contributed by atoms with E-state index in [0.29, 0.717) is 17.2 Å². The van der Waals surface area contributed by atoms with Crippen molar-refractivity contribution in [2.45, 2.75) is 38.0 Å². The number of benzene rings is 2. The highest BCUT2D eigenvalue weighted by Gasteiger charge is 2.64. The number of hydrogen-bond donors (Lipinski definition) is 0. The van der Waals surface area contributed by atoms with Crippen LogP contribution in [0.3, 0.4) is 0 Å². The van der Waals surface area contributed by atoms with Crippen LogP contribution in [0.15, 0.2) is 54.6 Å². The van der Waals surface area contributed by atoms with Gasteiger partial charge in [0.25, 0.3) is 0 Å². The number of hydrogen-bond acceptors (Lipinski definition) is 5. The number of rotatable bonds is 4. The van der Waals surface area contributed by atoms with E-state index in [-0.39, 0.29) is 36.3 Å². The Morgan fingerprint density at radius 2 is 1.79 bits per heavy atom. The van der Waals surface area contributed by atoms with Gasteiger partial charge < -0.3 is 9.64 Å². The number of halogens is 1. The van der Waals surface area contributed by atoms with Crippen molar-refractivity contribution in [1.82, 2.24) is 4.90 Å². The van der Waals surface area contributed by atoms with Gasteiger partial charge in [-0.15, -0.1) is 0 Å². The number of ketones is 1. The van der Waals surface area contributed by atoms with Gasteiger partial charge in [0.2, 0.25) is 11.8 Å². The second kappa shape index (κ2) is 8.07. The Morgan fingerprint density at radius 1 is 1.06 bits per heavy atom. The van der Waals surface area contributed by atoms with Gasteiger partial charge in [0, 0.05) is 28.4 Å². The molecule has 6 nitrogen and oxygen atoms in total. The van der Waals surface area contributed by atoms with Crippen LogP contribution in [0.2, 0.25) is 5.02 Å². The summed E-state index contributed by atoms with van der Waals surface area (Å²) in [6.45, 7) is 2.93. The van der Waals surface area contributed by atoms with E-state index in [9.17, 15) is 14.4 Å². The molecule has 4 aliphatic heterocycles. The van der Waals surface area contributed by atoms with E-state index in [1.807, 2.05) is 36.1 Å². The number of allylic oxidation sites excluding steroid dienone is 1. The molecule has 4 heterocycles. The molecule has 0 bridgehead atoms. The van der Waals surface area contributed by atoms with E-state index in [0.717, 1.165) is 29.7 Å². The molecule has 4 aliphatic rings. The van der Waals surface area contributed by atoms with Gasteiger partial charge in [-0.1, -0.05) is 35.9 Å². The first-order valence-electron chi connectivity index (χ1n) is 11.8. The molecule has 3 saturated heterocycles. The van der Waals surface area contributed by atoms with Crippen molar-refractivity contribution in [3.63, 3.8) is 0 Å². The number of imide groups is 1. The van der Waals surface area contributed by atoms with E-state index in [2.05, 4.69) is 6.08 Å². The van der Waals surface area contributed by atoms with E-state index >= 15 is 0 Å². The number of anilines is 1. The summed E-state index contributed by atoms with van der Waals surface area (Å²) in [5.41, 5.74) is 3.44. The van der Waals surface area contributed by atoms with Crippen molar-refractivity contribution >= 4 is 40.5 Å². The summed E-state index contributed by atoms with van der Waals surface area (Å²) in [7, 11) is 0. The lowest BCUT2D eigenvalue weighted by molar-refractivity contribution is -0.142. The standard InChI is InChI=1S/C27H25ClN2O4/c1-15-13-21-22-23(27(33)29(26(22)32)14-18-5-4-12-34-18)24(25(31)16-8-10-17(28)11-9-16)30(21)20-7-3-2-6-19(15)20/h2-3,6-11,13,18,21-24H,4-5,12,14H2,1H3. The number of ether oxygens (including phenoxy) is 1. The smallest absolute Gasteiger partial charge is 0.235 e. The van der Waals surface area contributed by atoms with E-state index in [1.165, 1.54) is 4.90 Å². The molecule has 6 rings (SSSR count). The van der Waals surface area contributed by atoms with Gasteiger partial charge in [-0.2, -0.15) is 0 Å². The summed E-state index contributed by atoms with van der Waals surface area (Å²) in [5, 5.41) is 0.537. The van der Waals surface area contributed by atoms with Crippen molar-refractivity contribution in [3.8, 4) is 0 Å². The van der Waals surface area contributed by atoms with E-state index in [1.54, 1.807) is 24.3 Å². The van der Waals surface area contributed by atoms with Gasteiger partial charge >= 0.3 is 0 Å². The Labute approximate surface area is 203 Å². The molecule has 0 radical (unpaired) electrons. The fourth-order valence-corrected chi connectivity index (χ4v) is 6.24. The number of carbonyl (C=O) groups excluding carboxylic acids is 3. The number of fused-ring (bicyclic) bond motifs is 5. The Morgan fingerprint density at radius 3 is 2.53 bits per heavy atom. The first-order valence-corrected chi connectivity index (χ1v) is 12.2. The Hall–Kier alpha value is -2.96. The van der Waals surface area contributed by atoms with Crippen molar-refractivity contribution in [1.29, 1.82) is 0 Å². The summed E-state index contributed by atoms with van der Waals surface area (Å²) in [6.07, 6.45) is 3.69. The molecule has 0 spiro atoms. The number of likely N-dealkylation sites (tertiary alicyclic amines) is 1. The zero-order chi connectivity index (χ0) is 23.6. The zero-order valence-electron chi connectivity index (χ0n) is 18.8. The van der Waals surface area contributed by atoms with Crippen molar-refractivity contribution in [2.24, 2.45) is 11.8 Å². The normalized spacial score (nSPS) is 29.7. The second-order valence-corrected chi connectivity index (χ2v) is 9.99. The minimum absolute atomic E-state index is 0.127. The molecule has 3 fully saturated rings. The molecule has 5 atom stereocenters. The Balaban J connectivity index is 1.45. The molecule has 174 valence electrons. The Kier molecular flexibility index (Phi) is 5.12. The highest BCUT2D eigenvalue weighted by Crippen LogP contribution is 2.50. The van der Waals surface area contributed by atoms with Crippen molar-refractivity contribution < 1.29 is 19.1 Å². The quantitative estimate of drug-likeness (QED) is 0.493. The molecule has 34 heavy (non-hydrogen) atoms. The van der Waals surface area contributed by atoms with Gasteiger partial charge in [0.15, 0.2) is 5.78 Å². The first-order chi connectivity index (χ1) is 16.5. The van der Waals surface area contributed by atoms with Crippen LogP contribution in [0.4, 0.5) is 5.69 Å². The number of carbonyl (C=O) groups is 3. The van der Waals surface area contributed by atoms with Crippen LogP contribution in [0, 0.1) is 11.8 Å². The molecular weight excluding hydrogens is 452 g/mol. The molecule has 0 aliphatic carbocycles. The summed E-state index contributed by atoms with van der Waals surface area (Å²) >= 11 is 6.05. The maximum absolute atomic E-state index is 13.9. The lowest BCUT2D eigenvalue weighted by Crippen LogP contribution is -2.49. The van der Waals surface area contributed by atoms with E-state index < -0.39 is 17.9 Å². The van der Waals surface area contributed by atoms with Crippen LogP contribution in [-0.4, -0.2) is 53.8 Å². The number of Topliss-reactive ketones (excluding diaryl/α,β-unsaturated/α-hetero) is 1. The third-order valence-corrected chi connectivity index (χ3v) is 7.91. The number of amides is 2. The molecule has 2 amide bonds. The molecule has 0 aromatic heterocycles. The van der Waals surface area contributed by atoms with Gasteiger partial charge in [-0.3, -0.25) is 19.3 Å². The Bertz CT molecular complexity index is 1220. The zero-order valence-corrected chi connectivity index (χ0v) is 19.6. The predicted octanol–water partition coefficient (Wildman–Crippen LogP) is 3.98. The maximum atomic E-state index is 13.9. The van der Waals surface area contributed by atoms with Crippen LogP contribution < -0.4 is 4.90 Å². The average molecular weight is 477 g/mol. The number of para-hydroxylation sites is 1. The fourth-order valence-electron chi connectivity index (χ4n) is 6.12. The molecular formula is C27H25ClN2O4. The monoisotopic (exact) mass is 476 g/mol. The summed E-state index contributed by atoms with van der Waals surface area (Å²) in [4.78, 5) is 44.7. The SMILES string of the molecule is CC1=CC2C3C(=O)N(CC4CCCO4)C(=O)C3C(C(=O)c3ccc(Cl)cc3)N2c2ccccc21. The van der Waals surface area contributed by atoms with Crippen LogP contribution in [0.5, 0.6) is 0 Å². The molecule has 2 aromatic carbocycles. The lowest BCUT2D eigenvalue weighted by atomic mass is 9.85. The van der Waals surface area contributed by atoms with Crippen LogP contribution in [-0.2, 0) is 14.3 Å². The third kappa shape index (κ3) is 3.16. The van der Waals surface area contributed by atoms with E-state index in [4.69, 9.17) is 16.3 Å². The largest absolute Gasteiger partial charge is 0.376 e. The molecule has 0 N–H and O–H groups in total. The molecule has 0 saturated carbocycles. The highest BCUT2D eigenvalue weighted by molar-refractivity contribution is 6.30. The van der Waals surface area contributed by atoms with Gasteiger partial charge in [-0.05, 0) is 55.7 Å². The van der Waals surface area contributed by atoms with Crippen LogP contribution in [0.1, 0.15) is 35.7 Å². The number of nitrogens with zero attached hydrogens (tertiary/aromatic N) is 2. The predicted molar refractivity (Wildman–Crippen MR) is 129 cm³/mol. The molecule has 2 aromatic rings. The van der Waals surface area contributed by atoms with Gasteiger partial charge in [0.05, 0.1) is 30.5 Å². The maximum Gasteiger partial charge on any atom is 0.235 e. The lowest BCUT2D eigenvalue weighted by Gasteiger charge is -2.38. The first kappa shape index (κ1) is 21.6. The van der Waals surface area contributed by atoms with Gasteiger partial charge in [-0.25, -0.2) is 0 Å². The highest BCUT2D eigenvalue weighted by atomic mass is 35.5.